The summed E-state index contributed by atoms with van der Waals surface area (Å²) in [7, 11) is 0. The molecular weight excluding hydrogens is 286 g/mol. The summed E-state index contributed by atoms with van der Waals surface area (Å²) >= 11 is 1.34. The standard InChI is InChI=1S/C14H11N5OS/c15-9-4-5-11(17-7-9)13(20)19-14-18-12(8-21-14)10-3-1-2-6-16-10/h1-8H,15H2,(H,18,19,20). The topological polar surface area (TPSA) is 93.8 Å². The quantitative estimate of drug-likeness (QED) is 0.774. The number of hydrogen-bond acceptors (Lipinski definition) is 6. The number of carbonyl (C=O) groups excluding carboxylic acids is 1. The minimum Gasteiger partial charge on any atom is -0.397 e. The van der Waals surface area contributed by atoms with Crippen LogP contribution >= 0.6 is 11.3 Å². The monoisotopic (exact) mass is 297 g/mol. The van der Waals surface area contributed by atoms with Gasteiger partial charge in [-0.25, -0.2) is 9.97 Å². The number of anilines is 2. The van der Waals surface area contributed by atoms with Crippen LogP contribution in [0.4, 0.5) is 10.8 Å². The van der Waals surface area contributed by atoms with Gasteiger partial charge < -0.3 is 5.73 Å². The molecule has 3 aromatic rings. The summed E-state index contributed by atoms with van der Waals surface area (Å²) in [5.41, 5.74) is 7.83. The number of amides is 1. The summed E-state index contributed by atoms with van der Waals surface area (Å²) in [6, 6.07) is 8.78. The molecule has 0 unspecified atom stereocenters. The number of thiazole rings is 1. The third-order valence-corrected chi connectivity index (χ3v) is 3.43. The van der Waals surface area contributed by atoms with Crippen LogP contribution in [0.25, 0.3) is 11.4 Å². The van der Waals surface area contributed by atoms with E-state index in [4.69, 9.17) is 5.73 Å². The van der Waals surface area contributed by atoms with Gasteiger partial charge in [-0.1, -0.05) is 6.07 Å². The van der Waals surface area contributed by atoms with E-state index in [2.05, 4.69) is 20.3 Å². The molecule has 0 aliphatic carbocycles. The second kappa shape index (κ2) is 5.68. The second-order valence-electron chi connectivity index (χ2n) is 4.18. The van der Waals surface area contributed by atoms with Gasteiger partial charge in [0.05, 0.1) is 17.6 Å². The summed E-state index contributed by atoms with van der Waals surface area (Å²) in [4.78, 5) is 24.5. The maximum atomic E-state index is 12.0. The molecular formula is C14H11N5OS. The smallest absolute Gasteiger partial charge is 0.276 e. The van der Waals surface area contributed by atoms with Crippen molar-refractivity contribution in [1.29, 1.82) is 0 Å². The van der Waals surface area contributed by atoms with Crippen LogP contribution in [0.1, 0.15) is 10.5 Å². The van der Waals surface area contributed by atoms with Gasteiger partial charge in [-0.2, -0.15) is 0 Å². The van der Waals surface area contributed by atoms with Crippen LogP contribution in [0.15, 0.2) is 48.1 Å². The van der Waals surface area contributed by atoms with E-state index < -0.39 is 0 Å². The number of rotatable bonds is 3. The largest absolute Gasteiger partial charge is 0.397 e. The van der Waals surface area contributed by atoms with Crippen molar-refractivity contribution in [3.8, 4) is 11.4 Å². The van der Waals surface area contributed by atoms with Crippen molar-refractivity contribution in [3.63, 3.8) is 0 Å². The Morgan fingerprint density at radius 1 is 1.14 bits per heavy atom. The number of nitrogen functional groups attached to an aromatic ring is 1. The van der Waals surface area contributed by atoms with Crippen LogP contribution in [0.5, 0.6) is 0 Å². The van der Waals surface area contributed by atoms with E-state index in [0.29, 0.717) is 16.5 Å². The first-order chi connectivity index (χ1) is 10.2. The molecule has 0 radical (unpaired) electrons. The number of pyridine rings is 2. The fourth-order valence-electron chi connectivity index (χ4n) is 1.66. The van der Waals surface area contributed by atoms with Crippen molar-refractivity contribution in [2.75, 3.05) is 11.1 Å². The third-order valence-electron chi connectivity index (χ3n) is 2.67. The van der Waals surface area contributed by atoms with Crippen molar-refractivity contribution in [2.45, 2.75) is 0 Å². The SMILES string of the molecule is Nc1ccc(C(=O)Nc2nc(-c3ccccn3)cs2)nc1. The van der Waals surface area contributed by atoms with Crippen LogP contribution < -0.4 is 11.1 Å². The minimum atomic E-state index is -0.322. The Hall–Kier alpha value is -2.80. The van der Waals surface area contributed by atoms with Gasteiger partial charge in [-0.3, -0.25) is 15.1 Å². The summed E-state index contributed by atoms with van der Waals surface area (Å²) in [6.07, 6.45) is 3.14. The number of nitrogens with one attached hydrogen (secondary N) is 1. The molecule has 0 fully saturated rings. The van der Waals surface area contributed by atoms with Crippen LogP contribution in [0.2, 0.25) is 0 Å². The van der Waals surface area contributed by atoms with E-state index in [9.17, 15) is 4.79 Å². The predicted molar refractivity (Wildman–Crippen MR) is 81.9 cm³/mol. The Bertz CT molecular complexity index is 755. The molecule has 0 bridgehead atoms. The summed E-state index contributed by atoms with van der Waals surface area (Å²) < 4.78 is 0. The number of hydrogen-bond donors (Lipinski definition) is 2. The zero-order valence-corrected chi connectivity index (χ0v) is 11.7. The maximum absolute atomic E-state index is 12.0. The lowest BCUT2D eigenvalue weighted by molar-refractivity contribution is 0.102. The van der Waals surface area contributed by atoms with Crippen LogP contribution in [-0.2, 0) is 0 Å². The molecule has 0 aliphatic rings. The highest BCUT2D eigenvalue weighted by molar-refractivity contribution is 7.14. The highest BCUT2D eigenvalue weighted by Crippen LogP contribution is 2.23. The molecule has 3 rings (SSSR count). The van der Waals surface area contributed by atoms with E-state index in [-0.39, 0.29) is 5.91 Å². The number of nitrogens with zero attached hydrogens (tertiary/aromatic N) is 3. The highest BCUT2D eigenvalue weighted by atomic mass is 32.1. The third kappa shape index (κ3) is 3.03. The zero-order chi connectivity index (χ0) is 14.7. The van der Waals surface area contributed by atoms with E-state index in [1.165, 1.54) is 17.5 Å². The molecule has 104 valence electrons. The lowest BCUT2D eigenvalue weighted by Gasteiger charge is -2.01. The molecule has 3 heterocycles. The van der Waals surface area contributed by atoms with E-state index in [0.717, 1.165) is 11.4 Å². The van der Waals surface area contributed by atoms with Gasteiger partial charge in [0, 0.05) is 11.6 Å². The van der Waals surface area contributed by atoms with Gasteiger partial charge in [0.15, 0.2) is 5.13 Å². The Kier molecular flexibility index (Phi) is 3.57. The zero-order valence-electron chi connectivity index (χ0n) is 10.9. The fourth-order valence-corrected chi connectivity index (χ4v) is 2.36. The van der Waals surface area contributed by atoms with E-state index in [1.807, 2.05) is 23.6 Å². The molecule has 6 nitrogen and oxygen atoms in total. The maximum Gasteiger partial charge on any atom is 0.276 e. The molecule has 0 aromatic carbocycles. The fraction of sp³-hybridized carbons (Fsp3) is 0. The van der Waals surface area contributed by atoms with Gasteiger partial charge in [-0.15, -0.1) is 11.3 Å². The Morgan fingerprint density at radius 2 is 2.05 bits per heavy atom. The Balaban J connectivity index is 1.75. The summed E-state index contributed by atoms with van der Waals surface area (Å²) in [6.45, 7) is 0. The van der Waals surface area contributed by atoms with Gasteiger partial charge in [0.2, 0.25) is 0 Å². The first-order valence-corrected chi connectivity index (χ1v) is 7.00. The molecule has 0 aliphatic heterocycles. The molecule has 0 atom stereocenters. The molecule has 0 spiro atoms. The van der Waals surface area contributed by atoms with Crippen molar-refractivity contribution < 1.29 is 4.79 Å². The van der Waals surface area contributed by atoms with Gasteiger partial charge in [-0.05, 0) is 24.3 Å². The Labute approximate surface area is 124 Å². The normalized spacial score (nSPS) is 10.3. The molecule has 3 aromatic heterocycles. The molecule has 1 amide bonds. The van der Waals surface area contributed by atoms with Gasteiger partial charge in [0.25, 0.3) is 5.91 Å². The van der Waals surface area contributed by atoms with Crippen LogP contribution in [0, 0.1) is 0 Å². The summed E-state index contributed by atoms with van der Waals surface area (Å²) in [5.74, 6) is -0.322. The number of carbonyl (C=O) groups is 1. The highest BCUT2D eigenvalue weighted by Gasteiger charge is 2.11. The molecule has 0 saturated heterocycles. The minimum absolute atomic E-state index is 0.291. The van der Waals surface area contributed by atoms with Crippen molar-refractivity contribution in [1.82, 2.24) is 15.0 Å². The number of aromatic nitrogens is 3. The first kappa shape index (κ1) is 13.2. The lowest BCUT2D eigenvalue weighted by atomic mass is 10.3. The van der Waals surface area contributed by atoms with Gasteiger partial charge >= 0.3 is 0 Å². The predicted octanol–water partition coefficient (Wildman–Crippen LogP) is 2.43. The summed E-state index contributed by atoms with van der Waals surface area (Å²) in [5, 5.41) is 5.05. The Morgan fingerprint density at radius 3 is 2.76 bits per heavy atom. The average Bonchev–Trinajstić information content (AvgIpc) is 2.97. The van der Waals surface area contributed by atoms with E-state index >= 15 is 0 Å². The molecule has 7 heteroatoms. The van der Waals surface area contributed by atoms with Crippen molar-refractivity contribution in [2.24, 2.45) is 0 Å². The lowest BCUT2D eigenvalue weighted by Crippen LogP contribution is -2.13. The van der Waals surface area contributed by atoms with E-state index in [1.54, 1.807) is 18.3 Å². The second-order valence-corrected chi connectivity index (χ2v) is 5.04. The number of nitrogens with two attached hydrogens (primary N) is 1. The molecule has 3 N–H and O–H groups in total. The molecule has 0 saturated carbocycles. The van der Waals surface area contributed by atoms with Crippen LogP contribution in [0.3, 0.4) is 0 Å². The van der Waals surface area contributed by atoms with Crippen molar-refractivity contribution >= 4 is 28.1 Å². The molecule has 21 heavy (non-hydrogen) atoms. The first-order valence-electron chi connectivity index (χ1n) is 6.12. The van der Waals surface area contributed by atoms with Crippen molar-refractivity contribution in [3.05, 3.63) is 53.8 Å². The average molecular weight is 297 g/mol. The van der Waals surface area contributed by atoms with Crippen LogP contribution in [-0.4, -0.2) is 20.9 Å². The van der Waals surface area contributed by atoms with Gasteiger partial charge in [0.1, 0.15) is 11.4 Å².